The zero-order chi connectivity index (χ0) is 21.1. The SMILES string of the molecule is COc1ccc(-c2cc(C)nc([C@@H]3CCCN3C(=O)c3ccccc3OC)c2)cc1. The van der Waals surface area contributed by atoms with Gasteiger partial charge >= 0.3 is 0 Å². The van der Waals surface area contributed by atoms with Crippen molar-refractivity contribution in [3.8, 4) is 22.6 Å². The van der Waals surface area contributed by atoms with Crippen LogP contribution in [0.5, 0.6) is 11.5 Å². The number of rotatable bonds is 5. The van der Waals surface area contributed by atoms with E-state index in [1.165, 1.54) is 0 Å². The van der Waals surface area contributed by atoms with Crippen molar-refractivity contribution in [2.45, 2.75) is 25.8 Å². The van der Waals surface area contributed by atoms with Crippen LogP contribution >= 0.6 is 0 Å². The molecule has 30 heavy (non-hydrogen) atoms. The van der Waals surface area contributed by atoms with Crippen LogP contribution in [0.2, 0.25) is 0 Å². The van der Waals surface area contributed by atoms with Crippen LogP contribution in [0.4, 0.5) is 0 Å². The lowest BCUT2D eigenvalue weighted by molar-refractivity contribution is 0.0729. The number of carbonyl (C=O) groups excluding carboxylic acids is 1. The molecule has 1 aliphatic heterocycles. The minimum absolute atomic E-state index is 0.00995. The van der Waals surface area contributed by atoms with Gasteiger partial charge in [0.1, 0.15) is 11.5 Å². The summed E-state index contributed by atoms with van der Waals surface area (Å²) in [5.41, 5.74) is 4.66. The number of hydrogen-bond acceptors (Lipinski definition) is 4. The van der Waals surface area contributed by atoms with Gasteiger partial charge in [0, 0.05) is 12.2 Å². The Labute approximate surface area is 177 Å². The third-order valence-corrected chi connectivity index (χ3v) is 5.59. The molecule has 3 aromatic rings. The summed E-state index contributed by atoms with van der Waals surface area (Å²) < 4.78 is 10.7. The molecular formula is C25H26N2O3. The molecule has 1 aromatic heterocycles. The van der Waals surface area contributed by atoms with Gasteiger partial charge in [-0.1, -0.05) is 24.3 Å². The van der Waals surface area contributed by atoms with E-state index in [4.69, 9.17) is 14.5 Å². The predicted molar refractivity (Wildman–Crippen MR) is 117 cm³/mol. The Morgan fingerprint density at radius 3 is 2.50 bits per heavy atom. The molecule has 0 bridgehead atoms. The van der Waals surface area contributed by atoms with E-state index >= 15 is 0 Å². The van der Waals surface area contributed by atoms with Gasteiger partial charge < -0.3 is 14.4 Å². The second-order valence-corrected chi connectivity index (χ2v) is 7.51. The van der Waals surface area contributed by atoms with E-state index in [-0.39, 0.29) is 11.9 Å². The van der Waals surface area contributed by atoms with Crippen LogP contribution in [0.3, 0.4) is 0 Å². The van der Waals surface area contributed by atoms with Crippen molar-refractivity contribution in [1.82, 2.24) is 9.88 Å². The lowest BCUT2D eigenvalue weighted by atomic mass is 10.0. The second-order valence-electron chi connectivity index (χ2n) is 7.51. The van der Waals surface area contributed by atoms with Crippen molar-refractivity contribution in [3.05, 3.63) is 77.6 Å². The summed E-state index contributed by atoms with van der Waals surface area (Å²) in [6.07, 6.45) is 1.86. The Morgan fingerprint density at radius 1 is 1.00 bits per heavy atom. The number of methoxy groups -OCH3 is 2. The molecule has 154 valence electrons. The molecule has 0 aliphatic carbocycles. The first-order valence-electron chi connectivity index (χ1n) is 10.2. The van der Waals surface area contributed by atoms with E-state index < -0.39 is 0 Å². The standard InChI is InChI=1S/C25H26N2O3/c1-17-15-19(18-10-12-20(29-2)13-11-18)16-22(26-17)23-8-6-14-27(23)25(28)21-7-4-5-9-24(21)30-3/h4-5,7,9-13,15-16,23H,6,8,14H2,1-3H3/t23-/m0/s1. The molecule has 1 amide bonds. The quantitative estimate of drug-likeness (QED) is 0.599. The molecule has 2 aromatic carbocycles. The van der Waals surface area contributed by atoms with E-state index in [9.17, 15) is 4.79 Å². The number of ether oxygens (including phenoxy) is 2. The molecule has 1 saturated heterocycles. The monoisotopic (exact) mass is 402 g/mol. The van der Waals surface area contributed by atoms with Crippen LogP contribution in [0.25, 0.3) is 11.1 Å². The van der Waals surface area contributed by atoms with Gasteiger partial charge in [-0.3, -0.25) is 9.78 Å². The Bertz CT molecular complexity index is 1050. The molecule has 5 nitrogen and oxygen atoms in total. The number of hydrogen-bond donors (Lipinski definition) is 0. The van der Waals surface area contributed by atoms with E-state index in [1.807, 2.05) is 60.4 Å². The molecular weight excluding hydrogens is 376 g/mol. The molecule has 2 heterocycles. The van der Waals surface area contributed by atoms with Crippen LogP contribution in [0.1, 0.15) is 40.6 Å². The Kier molecular flexibility index (Phi) is 5.70. The minimum atomic E-state index is -0.0423. The summed E-state index contributed by atoms with van der Waals surface area (Å²) in [4.78, 5) is 20.0. The molecule has 0 saturated carbocycles. The first-order chi connectivity index (χ1) is 14.6. The topological polar surface area (TPSA) is 51.7 Å². The van der Waals surface area contributed by atoms with Gasteiger partial charge in [-0.05, 0) is 67.3 Å². The van der Waals surface area contributed by atoms with Crippen molar-refractivity contribution in [1.29, 1.82) is 0 Å². The number of amides is 1. The molecule has 0 radical (unpaired) electrons. The van der Waals surface area contributed by atoms with Crippen LogP contribution in [0, 0.1) is 6.92 Å². The summed E-state index contributed by atoms with van der Waals surface area (Å²) >= 11 is 0. The third-order valence-electron chi connectivity index (χ3n) is 5.59. The van der Waals surface area contributed by atoms with E-state index in [2.05, 4.69) is 12.1 Å². The van der Waals surface area contributed by atoms with Gasteiger partial charge in [-0.15, -0.1) is 0 Å². The number of carbonyl (C=O) groups is 1. The highest BCUT2D eigenvalue weighted by atomic mass is 16.5. The summed E-state index contributed by atoms with van der Waals surface area (Å²) in [7, 11) is 3.26. The summed E-state index contributed by atoms with van der Waals surface area (Å²) in [6, 6.07) is 19.5. The maximum Gasteiger partial charge on any atom is 0.258 e. The van der Waals surface area contributed by atoms with Gasteiger partial charge in [0.2, 0.25) is 0 Å². The summed E-state index contributed by atoms with van der Waals surface area (Å²) in [5, 5.41) is 0. The largest absolute Gasteiger partial charge is 0.497 e. The predicted octanol–water partition coefficient (Wildman–Crippen LogP) is 5.05. The molecule has 0 unspecified atom stereocenters. The second kappa shape index (κ2) is 8.57. The third kappa shape index (κ3) is 3.88. The Hall–Kier alpha value is -3.34. The van der Waals surface area contributed by atoms with E-state index in [0.717, 1.165) is 47.7 Å². The normalized spacial score (nSPS) is 15.8. The molecule has 4 rings (SSSR count). The summed E-state index contributed by atoms with van der Waals surface area (Å²) in [6.45, 7) is 2.72. The van der Waals surface area contributed by atoms with Gasteiger partial charge in [-0.25, -0.2) is 0 Å². The Morgan fingerprint density at radius 2 is 1.77 bits per heavy atom. The molecule has 1 fully saturated rings. The highest BCUT2D eigenvalue weighted by Gasteiger charge is 2.33. The lowest BCUT2D eigenvalue weighted by Crippen LogP contribution is -2.31. The lowest BCUT2D eigenvalue weighted by Gasteiger charge is -2.26. The number of nitrogens with zero attached hydrogens (tertiary/aromatic N) is 2. The molecule has 1 atom stereocenters. The van der Waals surface area contributed by atoms with Crippen LogP contribution in [0.15, 0.2) is 60.7 Å². The van der Waals surface area contributed by atoms with Crippen molar-refractivity contribution in [3.63, 3.8) is 0 Å². The van der Waals surface area contributed by atoms with Crippen LogP contribution in [-0.4, -0.2) is 36.6 Å². The first-order valence-corrected chi connectivity index (χ1v) is 10.2. The number of likely N-dealkylation sites (tertiary alicyclic amines) is 1. The van der Waals surface area contributed by atoms with E-state index in [1.54, 1.807) is 14.2 Å². The number of para-hydroxylation sites is 1. The number of aryl methyl sites for hydroxylation is 1. The molecule has 5 heteroatoms. The van der Waals surface area contributed by atoms with Crippen LogP contribution in [-0.2, 0) is 0 Å². The fourth-order valence-corrected chi connectivity index (χ4v) is 4.11. The van der Waals surface area contributed by atoms with Crippen molar-refractivity contribution in [2.24, 2.45) is 0 Å². The van der Waals surface area contributed by atoms with Crippen LogP contribution < -0.4 is 9.47 Å². The number of aromatic nitrogens is 1. The van der Waals surface area contributed by atoms with Gasteiger partial charge in [-0.2, -0.15) is 0 Å². The van der Waals surface area contributed by atoms with Gasteiger partial charge in [0.25, 0.3) is 5.91 Å². The van der Waals surface area contributed by atoms with Crippen molar-refractivity contribution >= 4 is 5.91 Å². The summed E-state index contributed by atoms with van der Waals surface area (Å²) in [5.74, 6) is 1.42. The zero-order valence-electron chi connectivity index (χ0n) is 17.6. The average molecular weight is 402 g/mol. The average Bonchev–Trinajstić information content (AvgIpc) is 3.28. The van der Waals surface area contributed by atoms with Gasteiger partial charge in [0.15, 0.2) is 0 Å². The highest BCUT2D eigenvalue weighted by molar-refractivity contribution is 5.97. The smallest absolute Gasteiger partial charge is 0.258 e. The fraction of sp³-hybridized carbons (Fsp3) is 0.280. The zero-order valence-corrected chi connectivity index (χ0v) is 17.6. The maximum absolute atomic E-state index is 13.3. The maximum atomic E-state index is 13.3. The number of benzene rings is 2. The van der Waals surface area contributed by atoms with E-state index in [0.29, 0.717) is 11.3 Å². The first kappa shape index (κ1) is 20.0. The van der Waals surface area contributed by atoms with Crippen molar-refractivity contribution in [2.75, 3.05) is 20.8 Å². The molecule has 0 spiro atoms. The molecule has 0 N–H and O–H groups in total. The van der Waals surface area contributed by atoms with Crippen molar-refractivity contribution < 1.29 is 14.3 Å². The van der Waals surface area contributed by atoms with Gasteiger partial charge in [0.05, 0.1) is 31.5 Å². The minimum Gasteiger partial charge on any atom is -0.497 e. The Balaban J connectivity index is 1.67. The number of pyridine rings is 1. The highest BCUT2D eigenvalue weighted by Crippen LogP contribution is 2.35. The molecule has 1 aliphatic rings. The fourth-order valence-electron chi connectivity index (χ4n) is 4.11.